The number of nitrogens with two attached hydrogens (primary N) is 1. The molecule has 0 aliphatic heterocycles. The minimum atomic E-state index is -3.05. The highest BCUT2D eigenvalue weighted by atomic mass is 32.2. The summed E-state index contributed by atoms with van der Waals surface area (Å²) in [5.41, 5.74) is 6.19. The van der Waals surface area contributed by atoms with Crippen LogP contribution in [0.5, 0.6) is 0 Å². The molecule has 6 nitrogen and oxygen atoms in total. The zero-order chi connectivity index (χ0) is 11.5. The Morgan fingerprint density at radius 3 is 2.73 bits per heavy atom. The van der Waals surface area contributed by atoms with E-state index in [4.69, 9.17) is 5.73 Å². The van der Waals surface area contributed by atoms with Crippen molar-refractivity contribution in [3.05, 3.63) is 18.0 Å². The van der Waals surface area contributed by atoms with Crippen molar-refractivity contribution < 1.29 is 13.2 Å². The second-order valence-electron chi connectivity index (χ2n) is 3.23. The number of nitrogens with one attached hydrogen (secondary N) is 2. The summed E-state index contributed by atoms with van der Waals surface area (Å²) in [6.45, 7) is 0.0938. The third-order valence-electron chi connectivity index (χ3n) is 1.71. The Bertz CT molecular complexity index is 449. The Labute approximate surface area is 87.8 Å². The largest absolute Gasteiger partial charge is 0.397 e. The van der Waals surface area contributed by atoms with Gasteiger partial charge in [0.25, 0.3) is 5.91 Å². The van der Waals surface area contributed by atoms with Gasteiger partial charge in [0, 0.05) is 24.7 Å². The third-order valence-corrected chi connectivity index (χ3v) is 2.65. The van der Waals surface area contributed by atoms with E-state index in [9.17, 15) is 13.2 Å². The summed E-state index contributed by atoms with van der Waals surface area (Å²) in [5, 5.41) is 2.46. The minimum Gasteiger partial charge on any atom is -0.397 e. The van der Waals surface area contributed by atoms with Crippen LogP contribution >= 0.6 is 0 Å². The van der Waals surface area contributed by atoms with E-state index in [1.807, 2.05) is 0 Å². The number of anilines is 1. The first-order valence-electron chi connectivity index (χ1n) is 4.28. The zero-order valence-corrected chi connectivity index (χ0v) is 9.10. The standard InChI is InChI=1S/C8H13N3O3S/c1-15(13,14)3-2-10-8(12)7-4-6(9)5-11-7/h4-5,11H,2-3,9H2,1H3,(H,10,12). The number of carbonyl (C=O) groups excluding carboxylic acids is 1. The summed E-state index contributed by atoms with van der Waals surface area (Å²) in [7, 11) is -3.05. The number of aromatic amines is 1. The first-order chi connectivity index (χ1) is 6.88. The number of hydrogen-bond acceptors (Lipinski definition) is 4. The van der Waals surface area contributed by atoms with Crippen molar-refractivity contribution in [3.63, 3.8) is 0 Å². The van der Waals surface area contributed by atoms with Crippen LogP contribution in [0.25, 0.3) is 0 Å². The summed E-state index contributed by atoms with van der Waals surface area (Å²) in [5.74, 6) is -0.440. The number of aromatic nitrogens is 1. The summed E-state index contributed by atoms with van der Waals surface area (Å²) in [4.78, 5) is 14.0. The van der Waals surface area contributed by atoms with E-state index in [0.717, 1.165) is 6.26 Å². The maximum Gasteiger partial charge on any atom is 0.267 e. The molecule has 0 spiro atoms. The van der Waals surface area contributed by atoms with Crippen LogP contribution < -0.4 is 11.1 Å². The van der Waals surface area contributed by atoms with Crippen LogP contribution in [-0.4, -0.2) is 37.9 Å². The fraction of sp³-hybridized carbons (Fsp3) is 0.375. The molecule has 1 aromatic rings. The normalized spacial score (nSPS) is 11.3. The predicted molar refractivity (Wildman–Crippen MR) is 57.2 cm³/mol. The molecule has 7 heteroatoms. The quantitative estimate of drug-likeness (QED) is 0.641. The van der Waals surface area contributed by atoms with Gasteiger partial charge < -0.3 is 16.0 Å². The van der Waals surface area contributed by atoms with Crippen LogP contribution in [0.4, 0.5) is 5.69 Å². The van der Waals surface area contributed by atoms with E-state index in [2.05, 4.69) is 10.3 Å². The number of H-pyrrole nitrogens is 1. The smallest absolute Gasteiger partial charge is 0.267 e. The van der Waals surface area contributed by atoms with Crippen molar-refractivity contribution in [3.8, 4) is 0 Å². The summed E-state index contributed by atoms with van der Waals surface area (Å²) >= 11 is 0. The first-order valence-corrected chi connectivity index (χ1v) is 6.34. The molecule has 84 valence electrons. The van der Waals surface area contributed by atoms with Gasteiger partial charge in [0.15, 0.2) is 0 Å². The molecule has 0 atom stereocenters. The Morgan fingerprint density at radius 2 is 2.27 bits per heavy atom. The molecule has 0 saturated heterocycles. The molecule has 0 saturated carbocycles. The van der Waals surface area contributed by atoms with Crippen molar-refractivity contribution >= 4 is 21.4 Å². The Kier molecular flexibility index (Phi) is 3.35. The SMILES string of the molecule is CS(=O)(=O)CCNC(=O)c1cc(N)c[nH]1. The number of sulfone groups is 1. The van der Waals surface area contributed by atoms with Gasteiger partial charge >= 0.3 is 0 Å². The number of carbonyl (C=O) groups is 1. The van der Waals surface area contributed by atoms with E-state index >= 15 is 0 Å². The van der Waals surface area contributed by atoms with Gasteiger partial charge in [0.1, 0.15) is 15.5 Å². The third kappa shape index (κ3) is 4.03. The second kappa shape index (κ2) is 4.35. The van der Waals surface area contributed by atoms with Crippen LogP contribution in [0.15, 0.2) is 12.3 Å². The van der Waals surface area contributed by atoms with Gasteiger partial charge in [-0.25, -0.2) is 8.42 Å². The van der Waals surface area contributed by atoms with E-state index < -0.39 is 9.84 Å². The lowest BCUT2D eigenvalue weighted by Crippen LogP contribution is -2.28. The Hall–Kier alpha value is -1.50. The van der Waals surface area contributed by atoms with E-state index in [0.29, 0.717) is 11.4 Å². The fourth-order valence-electron chi connectivity index (χ4n) is 0.987. The van der Waals surface area contributed by atoms with Crippen LogP contribution in [0.1, 0.15) is 10.5 Å². The monoisotopic (exact) mass is 231 g/mol. The number of rotatable bonds is 4. The lowest BCUT2D eigenvalue weighted by Gasteiger charge is -2.01. The van der Waals surface area contributed by atoms with Gasteiger partial charge in [-0.15, -0.1) is 0 Å². The molecule has 0 radical (unpaired) electrons. The molecule has 1 amide bonds. The lowest BCUT2D eigenvalue weighted by atomic mass is 10.4. The van der Waals surface area contributed by atoms with Gasteiger partial charge in [-0.05, 0) is 6.07 Å². The van der Waals surface area contributed by atoms with Gasteiger partial charge in [0.2, 0.25) is 0 Å². The number of hydrogen-bond donors (Lipinski definition) is 3. The number of amides is 1. The molecule has 0 unspecified atom stereocenters. The molecule has 0 aliphatic carbocycles. The van der Waals surface area contributed by atoms with Crippen molar-refractivity contribution in [2.75, 3.05) is 24.3 Å². The highest BCUT2D eigenvalue weighted by molar-refractivity contribution is 7.90. The van der Waals surface area contributed by atoms with Crippen molar-refractivity contribution in [1.82, 2.24) is 10.3 Å². The summed E-state index contributed by atoms with van der Waals surface area (Å²) in [6, 6.07) is 1.48. The van der Waals surface area contributed by atoms with Gasteiger partial charge in [-0.2, -0.15) is 0 Å². The van der Waals surface area contributed by atoms with Gasteiger partial charge in [-0.1, -0.05) is 0 Å². The summed E-state index contributed by atoms with van der Waals surface area (Å²) < 4.78 is 21.5. The molecule has 0 bridgehead atoms. The average molecular weight is 231 g/mol. The van der Waals surface area contributed by atoms with Crippen molar-refractivity contribution in [1.29, 1.82) is 0 Å². The van der Waals surface area contributed by atoms with Gasteiger partial charge in [0.05, 0.1) is 5.75 Å². The van der Waals surface area contributed by atoms with E-state index in [-0.39, 0.29) is 18.2 Å². The van der Waals surface area contributed by atoms with Gasteiger partial charge in [-0.3, -0.25) is 4.79 Å². The summed E-state index contributed by atoms with van der Waals surface area (Å²) in [6.07, 6.45) is 2.61. The lowest BCUT2D eigenvalue weighted by molar-refractivity contribution is 0.0952. The molecule has 1 heterocycles. The van der Waals surface area contributed by atoms with Crippen molar-refractivity contribution in [2.45, 2.75) is 0 Å². The second-order valence-corrected chi connectivity index (χ2v) is 5.49. The molecule has 0 aliphatic rings. The molecular weight excluding hydrogens is 218 g/mol. The van der Waals surface area contributed by atoms with Crippen LogP contribution in [0.3, 0.4) is 0 Å². The van der Waals surface area contributed by atoms with Crippen LogP contribution in [-0.2, 0) is 9.84 Å². The maximum absolute atomic E-state index is 11.4. The fourth-order valence-corrected chi connectivity index (χ4v) is 1.46. The van der Waals surface area contributed by atoms with E-state index in [1.165, 1.54) is 12.3 Å². The molecule has 1 rings (SSSR count). The minimum absolute atomic E-state index is 0.0745. The average Bonchev–Trinajstić information content (AvgIpc) is 2.49. The highest BCUT2D eigenvalue weighted by Gasteiger charge is 2.08. The maximum atomic E-state index is 11.4. The van der Waals surface area contributed by atoms with Crippen LogP contribution in [0, 0.1) is 0 Å². The number of nitrogen functional groups attached to an aromatic ring is 1. The highest BCUT2D eigenvalue weighted by Crippen LogP contribution is 2.03. The van der Waals surface area contributed by atoms with Crippen LogP contribution in [0.2, 0.25) is 0 Å². The topological polar surface area (TPSA) is 105 Å². The molecule has 4 N–H and O–H groups in total. The first kappa shape index (κ1) is 11.6. The molecule has 15 heavy (non-hydrogen) atoms. The Balaban J connectivity index is 2.44. The Morgan fingerprint density at radius 1 is 1.60 bits per heavy atom. The zero-order valence-electron chi connectivity index (χ0n) is 8.28. The molecule has 0 fully saturated rings. The molecule has 1 aromatic heterocycles. The van der Waals surface area contributed by atoms with E-state index in [1.54, 1.807) is 0 Å². The predicted octanol–water partition coefficient (Wildman–Crippen LogP) is -0.629. The van der Waals surface area contributed by atoms with Crippen molar-refractivity contribution in [2.24, 2.45) is 0 Å². The molecule has 0 aromatic carbocycles. The molecular formula is C8H13N3O3S.